The van der Waals surface area contributed by atoms with Crippen LogP contribution < -0.4 is 5.32 Å². The maximum absolute atomic E-state index is 3.93. The fourth-order valence-corrected chi connectivity index (χ4v) is 1.07. The monoisotopic (exact) mass is 168 g/mol. The molecule has 11 heavy (non-hydrogen) atoms. The van der Waals surface area contributed by atoms with Gasteiger partial charge in [-0.3, -0.25) is 4.98 Å². The smallest absolute Gasteiger partial charge is 0.0371 e. The highest BCUT2D eigenvalue weighted by Crippen LogP contribution is 2.02. The highest BCUT2D eigenvalue weighted by Gasteiger charge is 1.87. The van der Waals surface area contributed by atoms with E-state index in [1.54, 1.807) is 12.4 Å². The third kappa shape index (κ3) is 3.28. The first-order valence-electron chi connectivity index (χ1n) is 3.56. The Labute approximate surface area is 71.4 Å². The molecule has 0 aromatic carbocycles. The van der Waals surface area contributed by atoms with E-state index < -0.39 is 0 Å². The van der Waals surface area contributed by atoms with Gasteiger partial charge in [-0.1, -0.05) is 0 Å². The second-order valence-electron chi connectivity index (χ2n) is 2.16. The summed E-state index contributed by atoms with van der Waals surface area (Å²) in [5.41, 5.74) is 1.15. The summed E-state index contributed by atoms with van der Waals surface area (Å²) < 4.78 is 0. The van der Waals surface area contributed by atoms with Gasteiger partial charge in [-0.2, -0.15) is 11.8 Å². The Morgan fingerprint density at radius 3 is 2.82 bits per heavy atom. The van der Waals surface area contributed by atoms with E-state index in [4.69, 9.17) is 0 Å². The van der Waals surface area contributed by atoms with Crippen molar-refractivity contribution in [1.82, 2.24) is 4.98 Å². The largest absolute Gasteiger partial charge is 0.384 e. The molecule has 0 aliphatic heterocycles. The molecule has 1 rings (SSSR count). The Hall–Kier alpha value is -0.700. The fraction of sp³-hybridized carbons (Fsp3) is 0.375. The van der Waals surface area contributed by atoms with Gasteiger partial charge in [-0.25, -0.2) is 0 Å². The lowest BCUT2D eigenvalue weighted by Gasteiger charge is -2.02. The van der Waals surface area contributed by atoms with Crippen LogP contribution in [-0.4, -0.2) is 23.5 Å². The highest BCUT2D eigenvalue weighted by molar-refractivity contribution is 7.98. The van der Waals surface area contributed by atoms with E-state index in [9.17, 15) is 0 Å². The van der Waals surface area contributed by atoms with Crippen LogP contribution in [0.5, 0.6) is 0 Å². The van der Waals surface area contributed by atoms with Gasteiger partial charge in [0, 0.05) is 30.4 Å². The van der Waals surface area contributed by atoms with Crippen molar-refractivity contribution in [3.63, 3.8) is 0 Å². The molecule has 60 valence electrons. The molecule has 0 saturated carbocycles. The molecule has 2 nitrogen and oxygen atoms in total. The molecule has 0 amide bonds. The number of thioether (sulfide) groups is 1. The first-order chi connectivity index (χ1) is 5.43. The predicted octanol–water partition coefficient (Wildman–Crippen LogP) is 1.86. The first kappa shape index (κ1) is 8.40. The molecule has 0 spiro atoms. The average molecular weight is 168 g/mol. The van der Waals surface area contributed by atoms with Crippen molar-refractivity contribution in [3.05, 3.63) is 24.5 Å². The zero-order chi connectivity index (χ0) is 7.94. The van der Waals surface area contributed by atoms with Gasteiger partial charge in [0.25, 0.3) is 0 Å². The van der Waals surface area contributed by atoms with Crippen LogP contribution in [0.1, 0.15) is 0 Å². The van der Waals surface area contributed by atoms with Crippen molar-refractivity contribution < 1.29 is 0 Å². The van der Waals surface area contributed by atoms with Crippen LogP contribution in [-0.2, 0) is 0 Å². The number of aromatic nitrogens is 1. The quantitative estimate of drug-likeness (QED) is 0.695. The molecule has 0 aliphatic rings. The van der Waals surface area contributed by atoms with E-state index in [0.29, 0.717) is 0 Å². The lowest BCUT2D eigenvalue weighted by Crippen LogP contribution is -2.03. The predicted molar refractivity (Wildman–Crippen MR) is 51.1 cm³/mol. The Morgan fingerprint density at radius 2 is 2.18 bits per heavy atom. The number of hydrogen-bond acceptors (Lipinski definition) is 3. The van der Waals surface area contributed by atoms with E-state index in [2.05, 4.69) is 16.6 Å². The summed E-state index contributed by atoms with van der Waals surface area (Å²) in [6, 6.07) is 3.95. The van der Waals surface area contributed by atoms with Crippen molar-refractivity contribution in [2.24, 2.45) is 0 Å². The molecule has 0 aliphatic carbocycles. The fourth-order valence-electron chi connectivity index (χ4n) is 0.767. The molecule has 3 heteroatoms. The normalized spacial score (nSPS) is 9.55. The van der Waals surface area contributed by atoms with Crippen LogP contribution >= 0.6 is 11.8 Å². The van der Waals surface area contributed by atoms with Crippen LogP contribution in [0.25, 0.3) is 0 Å². The number of hydrogen-bond donors (Lipinski definition) is 1. The Kier molecular flexibility index (Phi) is 3.83. The second kappa shape index (κ2) is 5.02. The van der Waals surface area contributed by atoms with Gasteiger partial charge in [-0.15, -0.1) is 0 Å². The summed E-state index contributed by atoms with van der Waals surface area (Å²) in [7, 11) is 0. The van der Waals surface area contributed by atoms with Gasteiger partial charge in [0.1, 0.15) is 0 Å². The molecular weight excluding hydrogens is 156 g/mol. The second-order valence-corrected chi connectivity index (χ2v) is 3.14. The first-order valence-corrected chi connectivity index (χ1v) is 4.95. The number of nitrogens with zero attached hydrogens (tertiary/aromatic N) is 1. The molecule has 0 unspecified atom stereocenters. The summed E-state index contributed by atoms with van der Waals surface area (Å²) in [5.74, 6) is 1.14. The molecule has 0 fully saturated rings. The standard InChI is InChI=1S/C8H12N2S/c1-11-7-6-10-8-2-4-9-5-3-8/h2-5H,6-7H2,1H3,(H,9,10). The van der Waals surface area contributed by atoms with Gasteiger partial charge < -0.3 is 5.32 Å². The number of nitrogens with one attached hydrogen (secondary N) is 1. The Morgan fingerprint density at radius 1 is 1.45 bits per heavy atom. The van der Waals surface area contributed by atoms with E-state index >= 15 is 0 Å². The van der Waals surface area contributed by atoms with E-state index in [0.717, 1.165) is 18.0 Å². The van der Waals surface area contributed by atoms with Crippen molar-refractivity contribution in [2.45, 2.75) is 0 Å². The minimum atomic E-state index is 1.02. The van der Waals surface area contributed by atoms with Crippen LogP contribution in [0.4, 0.5) is 5.69 Å². The highest BCUT2D eigenvalue weighted by atomic mass is 32.2. The van der Waals surface area contributed by atoms with Gasteiger partial charge >= 0.3 is 0 Å². The minimum Gasteiger partial charge on any atom is -0.384 e. The zero-order valence-corrected chi connectivity index (χ0v) is 7.40. The van der Waals surface area contributed by atoms with Gasteiger partial charge in [-0.05, 0) is 18.4 Å². The lowest BCUT2D eigenvalue weighted by molar-refractivity contribution is 1.21. The average Bonchev–Trinajstić information content (AvgIpc) is 2.07. The zero-order valence-electron chi connectivity index (χ0n) is 6.58. The van der Waals surface area contributed by atoms with Gasteiger partial charge in [0.05, 0.1) is 0 Å². The van der Waals surface area contributed by atoms with E-state index in [1.807, 2.05) is 23.9 Å². The van der Waals surface area contributed by atoms with Crippen LogP contribution in [0.15, 0.2) is 24.5 Å². The Balaban J connectivity index is 2.28. The van der Waals surface area contributed by atoms with Crippen molar-refractivity contribution in [3.8, 4) is 0 Å². The summed E-state index contributed by atoms with van der Waals surface area (Å²) in [4.78, 5) is 3.93. The Bertz CT molecular complexity index is 189. The van der Waals surface area contributed by atoms with Crippen LogP contribution in [0, 0.1) is 0 Å². The molecule has 1 heterocycles. The van der Waals surface area contributed by atoms with E-state index in [1.165, 1.54) is 0 Å². The summed E-state index contributed by atoms with van der Waals surface area (Å²) in [6.07, 6.45) is 5.69. The van der Waals surface area contributed by atoms with Gasteiger partial charge in [0.15, 0.2) is 0 Å². The third-order valence-electron chi connectivity index (χ3n) is 1.32. The number of rotatable bonds is 4. The SMILES string of the molecule is CSCCNc1ccncc1. The summed E-state index contributed by atoms with van der Waals surface area (Å²) in [5, 5.41) is 3.28. The molecule has 0 saturated heterocycles. The van der Waals surface area contributed by atoms with Crippen LogP contribution in [0.2, 0.25) is 0 Å². The topological polar surface area (TPSA) is 24.9 Å². The summed E-state index contributed by atoms with van der Waals surface area (Å²) >= 11 is 1.84. The van der Waals surface area contributed by atoms with Crippen molar-refractivity contribution in [2.75, 3.05) is 23.9 Å². The molecule has 1 aromatic rings. The van der Waals surface area contributed by atoms with Crippen molar-refractivity contribution >= 4 is 17.4 Å². The van der Waals surface area contributed by atoms with Crippen LogP contribution in [0.3, 0.4) is 0 Å². The molecule has 1 aromatic heterocycles. The van der Waals surface area contributed by atoms with E-state index in [-0.39, 0.29) is 0 Å². The molecule has 0 bridgehead atoms. The molecular formula is C8H12N2S. The molecule has 1 N–H and O–H groups in total. The van der Waals surface area contributed by atoms with Crippen molar-refractivity contribution in [1.29, 1.82) is 0 Å². The number of pyridine rings is 1. The number of anilines is 1. The minimum absolute atomic E-state index is 1.02. The summed E-state index contributed by atoms with van der Waals surface area (Å²) in [6.45, 7) is 1.02. The maximum Gasteiger partial charge on any atom is 0.0371 e. The lowest BCUT2D eigenvalue weighted by atomic mass is 10.4. The molecule has 0 radical (unpaired) electrons. The maximum atomic E-state index is 3.93. The third-order valence-corrected chi connectivity index (χ3v) is 1.93. The molecule has 0 atom stereocenters. The van der Waals surface area contributed by atoms with Gasteiger partial charge in [0.2, 0.25) is 0 Å².